The maximum atomic E-state index is 13.1. The number of carbonyl (C=O) groups excluding carboxylic acids is 1. The van der Waals surface area contributed by atoms with Crippen LogP contribution in [0.3, 0.4) is 0 Å². The molecule has 1 aromatic carbocycles. The number of hydrogen-bond acceptors (Lipinski definition) is 6. The van der Waals surface area contributed by atoms with Gasteiger partial charge in [-0.15, -0.1) is 0 Å². The van der Waals surface area contributed by atoms with Crippen molar-refractivity contribution in [3.8, 4) is 11.4 Å². The molecule has 3 rings (SSSR count). The zero-order valence-corrected chi connectivity index (χ0v) is 19.3. The molecule has 2 heterocycles. The molecule has 0 spiro atoms. The highest BCUT2D eigenvalue weighted by Crippen LogP contribution is 2.35. The molecule has 1 N–H and O–H groups in total. The van der Waals surface area contributed by atoms with Gasteiger partial charge in [-0.3, -0.25) is 9.36 Å². The number of aryl methyl sites for hydroxylation is 1. The van der Waals surface area contributed by atoms with Crippen molar-refractivity contribution in [2.45, 2.75) is 32.2 Å². The molecule has 1 amide bonds. The molecule has 1 saturated heterocycles. The van der Waals surface area contributed by atoms with E-state index >= 15 is 0 Å². The van der Waals surface area contributed by atoms with E-state index in [1.54, 1.807) is 6.92 Å². The normalized spacial score (nSPS) is 18.5. The molecular formula is C21H24ClF3N4O4. The number of likely N-dealkylation sites (tertiary alicyclic amines) is 1. The Balaban J connectivity index is 1.95. The standard InChI is InChI=1S/C21H24ClF3N4O4/c1-5-33-16-10-29(20(31)32-4)9-15(16)27-17-11(2)26-18(28(3)19(17)30)13-7-6-12(8-14(13)22)21(23,24)25/h6-8,15-16,27H,5,9-10H2,1-4H3. The first-order valence-electron chi connectivity index (χ1n) is 10.1. The summed E-state index contributed by atoms with van der Waals surface area (Å²) in [5, 5.41) is 2.96. The van der Waals surface area contributed by atoms with E-state index in [2.05, 4.69) is 10.3 Å². The molecule has 33 heavy (non-hydrogen) atoms. The number of rotatable bonds is 5. The fraction of sp³-hybridized carbons (Fsp3) is 0.476. The first kappa shape index (κ1) is 24.8. The van der Waals surface area contributed by atoms with Crippen LogP contribution >= 0.6 is 11.6 Å². The molecule has 1 aliphatic heterocycles. The van der Waals surface area contributed by atoms with Crippen LogP contribution in [0.1, 0.15) is 18.2 Å². The van der Waals surface area contributed by atoms with Gasteiger partial charge >= 0.3 is 12.3 Å². The zero-order chi connectivity index (χ0) is 24.5. The van der Waals surface area contributed by atoms with Crippen molar-refractivity contribution in [1.29, 1.82) is 0 Å². The van der Waals surface area contributed by atoms with E-state index in [0.29, 0.717) is 18.8 Å². The molecule has 12 heteroatoms. The van der Waals surface area contributed by atoms with Crippen molar-refractivity contribution in [3.63, 3.8) is 0 Å². The quantitative estimate of drug-likeness (QED) is 0.691. The van der Waals surface area contributed by atoms with Crippen molar-refractivity contribution in [1.82, 2.24) is 14.5 Å². The number of carbonyl (C=O) groups is 1. The summed E-state index contributed by atoms with van der Waals surface area (Å²) in [4.78, 5) is 31.0. The predicted octanol–water partition coefficient (Wildman–Crippen LogP) is 3.70. The highest BCUT2D eigenvalue weighted by Gasteiger charge is 2.37. The molecular weight excluding hydrogens is 465 g/mol. The van der Waals surface area contributed by atoms with Gasteiger partial charge in [-0.1, -0.05) is 11.6 Å². The molecule has 180 valence electrons. The minimum atomic E-state index is -4.54. The van der Waals surface area contributed by atoms with Crippen LogP contribution in [0.2, 0.25) is 5.02 Å². The number of alkyl halides is 3. The molecule has 1 fully saturated rings. The molecule has 0 radical (unpaired) electrons. The topological polar surface area (TPSA) is 85.7 Å². The lowest BCUT2D eigenvalue weighted by Gasteiger charge is -2.22. The summed E-state index contributed by atoms with van der Waals surface area (Å²) in [7, 11) is 2.74. The number of benzene rings is 1. The first-order valence-corrected chi connectivity index (χ1v) is 10.5. The highest BCUT2D eigenvalue weighted by molar-refractivity contribution is 6.33. The Morgan fingerprint density at radius 2 is 2.03 bits per heavy atom. The molecule has 0 aliphatic carbocycles. The minimum absolute atomic E-state index is 0.130. The number of methoxy groups -OCH3 is 1. The van der Waals surface area contributed by atoms with Crippen molar-refractivity contribution in [3.05, 3.63) is 44.8 Å². The number of halogens is 4. The Morgan fingerprint density at radius 1 is 1.33 bits per heavy atom. The summed E-state index contributed by atoms with van der Waals surface area (Å²) in [5.41, 5.74) is -0.611. The molecule has 0 saturated carbocycles. The van der Waals surface area contributed by atoms with Gasteiger partial charge in [0.25, 0.3) is 5.56 Å². The van der Waals surface area contributed by atoms with Crippen LogP contribution in [0.5, 0.6) is 0 Å². The summed E-state index contributed by atoms with van der Waals surface area (Å²) < 4.78 is 50.6. The van der Waals surface area contributed by atoms with Gasteiger partial charge < -0.3 is 19.7 Å². The van der Waals surface area contributed by atoms with Gasteiger partial charge in [0, 0.05) is 25.8 Å². The van der Waals surface area contributed by atoms with E-state index in [-0.39, 0.29) is 34.7 Å². The Morgan fingerprint density at radius 3 is 2.61 bits per heavy atom. The lowest BCUT2D eigenvalue weighted by Crippen LogP contribution is -2.38. The van der Waals surface area contributed by atoms with E-state index in [9.17, 15) is 22.8 Å². The molecule has 2 unspecified atom stereocenters. The lowest BCUT2D eigenvalue weighted by atomic mass is 10.1. The van der Waals surface area contributed by atoms with Crippen LogP contribution in [0.15, 0.2) is 23.0 Å². The van der Waals surface area contributed by atoms with Gasteiger partial charge in [-0.25, -0.2) is 9.78 Å². The van der Waals surface area contributed by atoms with Gasteiger partial charge in [0.05, 0.1) is 42.1 Å². The first-order chi connectivity index (χ1) is 15.5. The molecule has 2 atom stereocenters. The Bertz CT molecular complexity index is 1110. The van der Waals surface area contributed by atoms with Crippen LogP contribution in [-0.4, -0.2) is 59.5 Å². The molecule has 1 aromatic heterocycles. The van der Waals surface area contributed by atoms with Gasteiger partial charge in [0.1, 0.15) is 11.5 Å². The third kappa shape index (κ3) is 5.09. The van der Waals surface area contributed by atoms with Crippen LogP contribution < -0.4 is 10.9 Å². The number of nitrogens with zero attached hydrogens (tertiary/aromatic N) is 3. The SMILES string of the molecule is CCOC1CN(C(=O)OC)CC1Nc1c(C)nc(-c2ccc(C(F)(F)F)cc2Cl)n(C)c1=O. The van der Waals surface area contributed by atoms with Crippen molar-refractivity contribution >= 4 is 23.4 Å². The molecule has 8 nitrogen and oxygen atoms in total. The predicted molar refractivity (Wildman–Crippen MR) is 116 cm³/mol. The fourth-order valence-corrected chi connectivity index (χ4v) is 4.01. The van der Waals surface area contributed by atoms with E-state index in [0.717, 1.165) is 12.1 Å². The van der Waals surface area contributed by atoms with Crippen LogP contribution in [0, 0.1) is 6.92 Å². The number of hydrogen-bond donors (Lipinski definition) is 1. The minimum Gasteiger partial charge on any atom is -0.453 e. The Hall–Kier alpha value is -2.79. The average Bonchev–Trinajstić information content (AvgIpc) is 3.15. The second-order valence-electron chi connectivity index (χ2n) is 7.57. The summed E-state index contributed by atoms with van der Waals surface area (Å²) in [6.07, 6.45) is -5.41. The van der Waals surface area contributed by atoms with Crippen molar-refractivity contribution in [2.75, 3.05) is 32.1 Å². The second kappa shape index (κ2) is 9.60. The van der Waals surface area contributed by atoms with Gasteiger partial charge in [-0.2, -0.15) is 13.2 Å². The monoisotopic (exact) mass is 488 g/mol. The average molecular weight is 489 g/mol. The van der Waals surface area contributed by atoms with E-state index in [1.807, 2.05) is 6.92 Å². The number of ether oxygens (including phenoxy) is 2. The largest absolute Gasteiger partial charge is 0.453 e. The highest BCUT2D eigenvalue weighted by atomic mass is 35.5. The number of amides is 1. The second-order valence-corrected chi connectivity index (χ2v) is 7.98. The maximum Gasteiger partial charge on any atom is 0.416 e. The maximum absolute atomic E-state index is 13.1. The molecule has 1 aliphatic rings. The van der Waals surface area contributed by atoms with E-state index in [1.165, 1.54) is 29.7 Å². The number of anilines is 1. The summed E-state index contributed by atoms with van der Waals surface area (Å²) in [5.74, 6) is 0.130. The molecule has 0 bridgehead atoms. The number of aromatic nitrogens is 2. The van der Waals surface area contributed by atoms with E-state index in [4.69, 9.17) is 21.1 Å². The fourth-order valence-electron chi connectivity index (χ4n) is 3.75. The number of nitrogens with one attached hydrogen (secondary N) is 1. The van der Waals surface area contributed by atoms with Gasteiger partial charge in [-0.05, 0) is 32.0 Å². The van der Waals surface area contributed by atoms with Gasteiger partial charge in [0.15, 0.2) is 0 Å². The van der Waals surface area contributed by atoms with Crippen LogP contribution in [-0.2, 0) is 22.7 Å². The lowest BCUT2D eigenvalue weighted by molar-refractivity contribution is -0.137. The summed E-state index contributed by atoms with van der Waals surface area (Å²) >= 11 is 6.10. The third-order valence-corrected chi connectivity index (χ3v) is 5.73. The summed E-state index contributed by atoms with van der Waals surface area (Å²) in [6, 6.07) is 2.49. The third-order valence-electron chi connectivity index (χ3n) is 5.42. The Labute approximate surface area is 193 Å². The zero-order valence-electron chi connectivity index (χ0n) is 18.5. The molecule has 2 aromatic rings. The van der Waals surface area contributed by atoms with Crippen LogP contribution in [0.25, 0.3) is 11.4 Å². The van der Waals surface area contributed by atoms with Crippen molar-refractivity contribution < 1.29 is 27.4 Å². The smallest absolute Gasteiger partial charge is 0.416 e. The van der Waals surface area contributed by atoms with Gasteiger partial charge in [0.2, 0.25) is 0 Å². The Kier molecular flexibility index (Phi) is 7.23. The van der Waals surface area contributed by atoms with Crippen molar-refractivity contribution in [2.24, 2.45) is 7.05 Å². The van der Waals surface area contributed by atoms with Crippen LogP contribution in [0.4, 0.5) is 23.7 Å². The summed E-state index contributed by atoms with van der Waals surface area (Å²) in [6.45, 7) is 4.40. The van der Waals surface area contributed by atoms with E-state index < -0.39 is 29.4 Å².